The van der Waals surface area contributed by atoms with Crippen molar-refractivity contribution in [3.05, 3.63) is 28.9 Å². The quantitative estimate of drug-likeness (QED) is 0.666. The maximum absolute atomic E-state index is 4.17. The summed E-state index contributed by atoms with van der Waals surface area (Å²) in [7, 11) is 0. The molecular weight excluding hydrogens is 206 g/mol. The van der Waals surface area contributed by atoms with Crippen LogP contribution >= 0.6 is 15.9 Å². The third kappa shape index (κ3) is 1.14. The van der Waals surface area contributed by atoms with Crippen LogP contribution in [-0.4, -0.2) is 14.4 Å². The number of hydrogen-bond donors (Lipinski definition) is 0. The first kappa shape index (κ1) is 6.79. The number of rotatable bonds is 0. The zero-order chi connectivity index (χ0) is 7.84. The zero-order valence-electron chi connectivity index (χ0n) is 5.95. The second-order valence-electron chi connectivity index (χ2n) is 2.36. The summed E-state index contributed by atoms with van der Waals surface area (Å²) < 4.78 is 2.77. The molecule has 0 radical (unpaired) electrons. The van der Waals surface area contributed by atoms with E-state index in [1.165, 1.54) is 0 Å². The fourth-order valence-corrected chi connectivity index (χ4v) is 1.37. The van der Waals surface area contributed by atoms with Crippen LogP contribution < -0.4 is 0 Å². The highest BCUT2D eigenvalue weighted by molar-refractivity contribution is 9.10. The third-order valence-corrected chi connectivity index (χ3v) is 1.82. The van der Waals surface area contributed by atoms with E-state index in [-0.39, 0.29) is 0 Å². The molecule has 0 unspecified atom stereocenters. The Labute approximate surface area is 72.2 Å². The molecule has 4 heteroatoms. The second-order valence-corrected chi connectivity index (χ2v) is 3.17. The van der Waals surface area contributed by atoms with Gasteiger partial charge >= 0.3 is 0 Å². The van der Waals surface area contributed by atoms with Gasteiger partial charge in [0.1, 0.15) is 4.60 Å². The van der Waals surface area contributed by atoms with Crippen molar-refractivity contribution in [3.63, 3.8) is 0 Å². The predicted molar refractivity (Wildman–Crippen MR) is 45.4 cm³/mol. The van der Waals surface area contributed by atoms with Gasteiger partial charge in [0, 0.05) is 12.4 Å². The minimum Gasteiger partial charge on any atom is -0.303 e. The highest BCUT2D eigenvalue weighted by Crippen LogP contribution is 2.09. The maximum Gasteiger partial charge on any atom is 0.156 e. The standard InChI is InChI=1S/C7H6BrN3/c1-5-3-11-4-6(8)10-7(11)2-9-5/h2-4H,1H3. The number of nitrogens with zero attached hydrogens (tertiary/aromatic N) is 3. The van der Waals surface area contributed by atoms with Crippen LogP contribution in [0.4, 0.5) is 0 Å². The molecule has 11 heavy (non-hydrogen) atoms. The van der Waals surface area contributed by atoms with Gasteiger partial charge in [0.15, 0.2) is 5.65 Å². The lowest BCUT2D eigenvalue weighted by atomic mass is 10.5. The molecule has 0 atom stereocenters. The second kappa shape index (κ2) is 2.30. The first-order valence-electron chi connectivity index (χ1n) is 3.22. The fourth-order valence-electron chi connectivity index (χ4n) is 0.970. The van der Waals surface area contributed by atoms with Crippen LogP contribution in [0.25, 0.3) is 5.65 Å². The molecule has 0 fully saturated rings. The molecule has 56 valence electrons. The van der Waals surface area contributed by atoms with Crippen molar-refractivity contribution < 1.29 is 0 Å². The molecule has 0 aliphatic heterocycles. The molecule has 2 heterocycles. The van der Waals surface area contributed by atoms with E-state index in [4.69, 9.17) is 0 Å². The molecule has 0 spiro atoms. The monoisotopic (exact) mass is 211 g/mol. The van der Waals surface area contributed by atoms with Gasteiger partial charge in [-0.05, 0) is 22.9 Å². The van der Waals surface area contributed by atoms with E-state index in [2.05, 4.69) is 25.9 Å². The maximum atomic E-state index is 4.17. The molecule has 0 aromatic carbocycles. The van der Waals surface area contributed by atoms with Gasteiger partial charge in [0.25, 0.3) is 0 Å². The van der Waals surface area contributed by atoms with Crippen LogP contribution in [0.5, 0.6) is 0 Å². The summed E-state index contributed by atoms with van der Waals surface area (Å²) in [4.78, 5) is 8.29. The van der Waals surface area contributed by atoms with Crippen LogP contribution in [0.15, 0.2) is 23.2 Å². The van der Waals surface area contributed by atoms with Crippen LogP contribution in [-0.2, 0) is 0 Å². The lowest BCUT2D eigenvalue weighted by Crippen LogP contribution is -1.87. The lowest BCUT2D eigenvalue weighted by Gasteiger charge is -1.92. The number of aryl methyl sites for hydroxylation is 1. The largest absolute Gasteiger partial charge is 0.303 e. The van der Waals surface area contributed by atoms with Crippen LogP contribution in [0, 0.1) is 6.92 Å². The SMILES string of the molecule is Cc1cn2cc(Br)nc2cn1. The number of halogens is 1. The molecule has 0 bridgehead atoms. The van der Waals surface area contributed by atoms with Gasteiger partial charge in [-0.3, -0.25) is 4.98 Å². The fraction of sp³-hybridized carbons (Fsp3) is 0.143. The van der Waals surface area contributed by atoms with E-state index in [9.17, 15) is 0 Å². The van der Waals surface area contributed by atoms with Crippen molar-refractivity contribution in [3.8, 4) is 0 Å². The molecule has 0 amide bonds. The Morgan fingerprint density at radius 2 is 2.27 bits per heavy atom. The van der Waals surface area contributed by atoms with Gasteiger partial charge in [-0.2, -0.15) is 0 Å². The Kier molecular flexibility index (Phi) is 1.42. The molecule has 0 aliphatic rings. The number of hydrogen-bond acceptors (Lipinski definition) is 2. The van der Waals surface area contributed by atoms with E-state index in [0.29, 0.717) is 0 Å². The molecule has 2 aromatic heterocycles. The number of imidazole rings is 1. The minimum atomic E-state index is 0.838. The number of fused-ring (bicyclic) bond motifs is 1. The average Bonchev–Trinajstić information content (AvgIpc) is 2.27. The third-order valence-electron chi connectivity index (χ3n) is 1.44. The Hall–Kier alpha value is -0.900. The summed E-state index contributed by atoms with van der Waals surface area (Å²) >= 11 is 3.29. The summed E-state index contributed by atoms with van der Waals surface area (Å²) in [6, 6.07) is 0. The van der Waals surface area contributed by atoms with E-state index >= 15 is 0 Å². The first-order chi connectivity index (χ1) is 5.25. The molecule has 3 nitrogen and oxygen atoms in total. The van der Waals surface area contributed by atoms with E-state index in [0.717, 1.165) is 15.9 Å². The van der Waals surface area contributed by atoms with Gasteiger partial charge in [0.2, 0.25) is 0 Å². The van der Waals surface area contributed by atoms with E-state index in [1.54, 1.807) is 6.20 Å². The molecule has 0 aliphatic carbocycles. The molecular formula is C7H6BrN3. The summed E-state index contributed by atoms with van der Waals surface area (Å²) in [6.07, 6.45) is 5.59. The smallest absolute Gasteiger partial charge is 0.156 e. The van der Waals surface area contributed by atoms with Gasteiger partial charge in [-0.25, -0.2) is 4.98 Å². The van der Waals surface area contributed by atoms with Crippen molar-refractivity contribution in [2.24, 2.45) is 0 Å². The summed E-state index contributed by atoms with van der Waals surface area (Å²) in [5.74, 6) is 0. The predicted octanol–water partition coefficient (Wildman–Crippen LogP) is 1.80. The van der Waals surface area contributed by atoms with E-state index in [1.807, 2.05) is 23.7 Å². The molecule has 0 saturated carbocycles. The zero-order valence-corrected chi connectivity index (χ0v) is 7.54. The van der Waals surface area contributed by atoms with Crippen LogP contribution in [0.3, 0.4) is 0 Å². The Bertz CT molecular complexity index is 393. The number of aromatic nitrogens is 3. The molecule has 0 N–H and O–H groups in total. The van der Waals surface area contributed by atoms with Gasteiger partial charge in [0.05, 0.1) is 11.9 Å². The molecule has 2 aromatic rings. The van der Waals surface area contributed by atoms with Crippen LogP contribution in [0.2, 0.25) is 0 Å². The van der Waals surface area contributed by atoms with E-state index < -0.39 is 0 Å². The summed E-state index contributed by atoms with van der Waals surface area (Å²) in [5, 5.41) is 0. The molecule has 2 rings (SSSR count). The summed E-state index contributed by atoms with van der Waals surface area (Å²) in [6.45, 7) is 1.95. The van der Waals surface area contributed by atoms with Crippen molar-refractivity contribution in [1.29, 1.82) is 0 Å². The van der Waals surface area contributed by atoms with Crippen molar-refractivity contribution >= 4 is 21.6 Å². The van der Waals surface area contributed by atoms with Gasteiger partial charge < -0.3 is 4.40 Å². The van der Waals surface area contributed by atoms with Crippen molar-refractivity contribution in [1.82, 2.24) is 14.4 Å². The molecule has 0 saturated heterocycles. The van der Waals surface area contributed by atoms with Crippen molar-refractivity contribution in [2.75, 3.05) is 0 Å². The highest BCUT2D eigenvalue weighted by Gasteiger charge is 1.97. The lowest BCUT2D eigenvalue weighted by molar-refractivity contribution is 1.07. The van der Waals surface area contributed by atoms with Crippen molar-refractivity contribution in [2.45, 2.75) is 6.92 Å². The Balaban J connectivity index is 2.82. The first-order valence-corrected chi connectivity index (χ1v) is 4.02. The van der Waals surface area contributed by atoms with Crippen LogP contribution in [0.1, 0.15) is 5.69 Å². The van der Waals surface area contributed by atoms with Gasteiger partial charge in [-0.1, -0.05) is 0 Å². The average molecular weight is 212 g/mol. The minimum absolute atomic E-state index is 0.838. The Morgan fingerprint density at radius 1 is 1.45 bits per heavy atom. The summed E-state index contributed by atoms with van der Waals surface area (Å²) in [5.41, 5.74) is 1.85. The highest BCUT2D eigenvalue weighted by atomic mass is 79.9. The normalized spacial score (nSPS) is 10.7. The Morgan fingerprint density at radius 3 is 3.09 bits per heavy atom. The van der Waals surface area contributed by atoms with Gasteiger partial charge in [-0.15, -0.1) is 0 Å². The topological polar surface area (TPSA) is 30.2 Å².